The molecule has 1 atom stereocenters. The van der Waals surface area contributed by atoms with Crippen LogP contribution in [-0.2, 0) is 10.2 Å². The van der Waals surface area contributed by atoms with Crippen LogP contribution in [-0.4, -0.2) is 35.8 Å². The summed E-state index contributed by atoms with van der Waals surface area (Å²) in [5, 5.41) is 3.14. The summed E-state index contributed by atoms with van der Waals surface area (Å²) in [4.78, 5) is 27.0. The van der Waals surface area contributed by atoms with Gasteiger partial charge in [-0.25, -0.2) is 0 Å². The van der Waals surface area contributed by atoms with E-state index < -0.39 is 0 Å². The molecule has 1 aromatic carbocycles. The van der Waals surface area contributed by atoms with Crippen molar-refractivity contribution in [3.63, 3.8) is 0 Å². The zero-order chi connectivity index (χ0) is 19.1. The molecule has 146 valence electrons. The van der Waals surface area contributed by atoms with E-state index in [0.29, 0.717) is 18.0 Å². The molecule has 28 heavy (non-hydrogen) atoms. The lowest BCUT2D eigenvalue weighted by Crippen LogP contribution is -2.44. The summed E-state index contributed by atoms with van der Waals surface area (Å²) < 4.78 is 5.06. The van der Waals surface area contributed by atoms with E-state index in [4.69, 9.17) is 4.42 Å². The molecule has 0 radical (unpaired) electrons. The Kier molecular flexibility index (Phi) is 4.26. The van der Waals surface area contributed by atoms with E-state index in [0.717, 1.165) is 45.2 Å². The Bertz CT molecular complexity index is 877. The van der Waals surface area contributed by atoms with Crippen molar-refractivity contribution in [2.45, 2.75) is 55.9 Å². The second-order valence-electron chi connectivity index (χ2n) is 8.62. The first kappa shape index (κ1) is 17.5. The highest BCUT2D eigenvalue weighted by atomic mass is 16.3. The molecule has 1 saturated heterocycles. The number of carbonyl (C=O) groups is 2. The molecule has 5 heteroatoms. The number of furan rings is 1. The molecule has 2 heterocycles. The summed E-state index contributed by atoms with van der Waals surface area (Å²) in [7, 11) is 0. The molecule has 2 aromatic rings. The first-order valence-corrected chi connectivity index (χ1v) is 10.3. The number of carbonyl (C=O) groups excluding carboxylic acids is 2. The first-order chi connectivity index (χ1) is 13.6. The normalized spacial score (nSPS) is 22.9. The Balaban J connectivity index is 1.31. The van der Waals surface area contributed by atoms with Crippen LogP contribution in [0, 0.1) is 0 Å². The Morgan fingerprint density at radius 2 is 1.93 bits per heavy atom. The summed E-state index contributed by atoms with van der Waals surface area (Å²) in [5.74, 6) is 0.522. The van der Waals surface area contributed by atoms with Gasteiger partial charge in [0.2, 0.25) is 5.91 Å². The number of benzene rings is 1. The molecule has 0 unspecified atom stereocenters. The highest BCUT2D eigenvalue weighted by molar-refractivity contribution is 5.93. The topological polar surface area (TPSA) is 62.6 Å². The van der Waals surface area contributed by atoms with Crippen molar-refractivity contribution in [2.75, 3.05) is 13.1 Å². The second-order valence-corrected chi connectivity index (χ2v) is 8.62. The third kappa shape index (κ3) is 3.13. The molecular weight excluding hydrogens is 352 g/mol. The van der Waals surface area contributed by atoms with E-state index >= 15 is 0 Å². The van der Waals surface area contributed by atoms with E-state index in [-0.39, 0.29) is 23.1 Å². The summed E-state index contributed by atoms with van der Waals surface area (Å²) in [6, 6.07) is 10.8. The van der Waals surface area contributed by atoms with Gasteiger partial charge in [-0.3, -0.25) is 9.59 Å². The van der Waals surface area contributed by atoms with Gasteiger partial charge in [0.05, 0.1) is 11.8 Å². The van der Waals surface area contributed by atoms with E-state index in [2.05, 4.69) is 29.6 Å². The molecule has 1 aromatic heterocycles. The highest BCUT2D eigenvalue weighted by Gasteiger charge is 2.46. The number of piperidine rings is 1. The number of likely N-dealkylation sites (tertiary alicyclic amines) is 1. The minimum atomic E-state index is 0.0512. The van der Waals surface area contributed by atoms with Crippen molar-refractivity contribution in [1.82, 2.24) is 10.2 Å². The molecule has 1 N–H and O–H groups in total. The predicted octanol–water partition coefficient (Wildman–Crippen LogP) is 3.61. The number of nitrogens with zero attached hydrogens (tertiary/aromatic N) is 1. The van der Waals surface area contributed by atoms with Crippen molar-refractivity contribution in [3.05, 3.63) is 59.5 Å². The summed E-state index contributed by atoms with van der Waals surface area (Å²) in [6.07, 6.45) is 8.80. The fourth-order valence-corrected chi connectivity index (χ4v) is 5.13. The average molecular weight is 378 g/mol. The van der Waals surface area contributed by atoms with Crippen molar-refractivity contribution < 1.29 is 14.0 Å². The Hall–Kier alpha value is -2.56. The largest absolute Gasteiger partial charge is 0.472 e. The van der Waals surface area contributed by atoms with E-state index in [1.165, 1.54) is 17.4 Å². The van der Waals surface area contributed by atoms with Crippen LogP contribution in [0.15, 0.2) is 47.3 Å². The number of rotatable bonds is 4. The monoisotopic (exact) mass is 378 g/mol. The number of nitrogens with one attached hydrogen (secondary N) is 1. The van der Waals surface area contributed by atoms with Crippen LogP contribution in [0.4, 0.5) is 0 Å². The molecule has 1 saturated carbocycles. The van der Waals surface area contributed by atoms with Crippen LogP contribution in [0.5, 0.6) is 0 Å². The Morgan fingerprint density at radius 3 is 2.64 bits per heavy atom. The van der Waals surface area contributed by atoms with Gasteiger partial charge in [0.1, 0.15) is 6.26 Å². The fourth-order valence-electron chi connectivity index (χ4n) is 5.13. The highest BCUT2D eigenvalue weighted by Crippen LogP contribution is 2.52. The van der Waals surface area contributed by atoms with Gasteiger partial charge in [0.25, 0.3) is 5.91 Å². The lowest BCUT2D eigenvalue weighted by Gasteiger charge is -2.40. The Labute approximate surface area is 165 Å². The summed E-state index contributed by atoms with van der Waals surface area (Å²) in [5.41, 5.74) is 3.45. The number of hydrogen-bond acceptors (Lipinski definition) is 3. The van der Waals surface area contributed by atoms with Crippen molar-refractivity contribution in [1.29, 1.82) is 0 Å². The van der Waals surface area contributed by atoms with Crippen LogP contribution in [0.2, 0.25) is 0 Å². The van der Waals surface area contributed by atoms with E-state index in [1.807, 2.05) is 4.90 Å². The standard InChI is InChI=1S/C23H26N2O3/c26-21(24-18-5-6-18)13-17-14-23(20-4-2-1-3-19(17)20)8-10-25(11-9-23)22(27)16-7-12-28-15-16/h1-4,7,12,15,17-18H,5-6,8-11,13-14H2,(H,24,26)/t17-/m1/s1. The molecule has 2 aliphatic carbocycles. The van der Waals surface area contributed by atoms with Crippen LogP contribution in [0.25, 0.3) is 0 Å². The Morgan fingerprint density at radius 1 is 1.14 bits per heavy atom. The van der Waals surface area contributed by atoms with Crippen LogP contribution < -0.4 is 5.32 Å². The van der Waals surface area contributed by atoms with Crippen LogP contribution >= 0.6 is 0 Å². The zero-order valence-electron chi connectivity index (χ0n) is 16.0. The number of amides is 2. The van der Waals surface area contributed by atoms with Crippen molar-refractivity contribution >= 4 is 11.8 Å². The quantitative estimate of drug-likeness (QED) is 0.884. The van der Waals surface area contributed by atoms with Crippen LogP contribution in [0.1, 0.15) is 65.9 Å². The number of hydrogen-bond donors (Lipinski definition) is 1. The van der Waals surface area contributed by atoms with Gasteiger partial charge in [-0.05, 0) is 60.6 Å². The van der Waals surface area contributed by atoms with Crippen molar-refractivity contribution in [3.8, 4) is 0 Å². The van der Waals surface area contributed by atoms with Gasteiger partial charge in [-0.2, -0.15) is 0 Å². The van der Waals surface area contributed by atoms with Crippen molar-refractivity contribution in [2.24, 2.45) is 0 Å². The molecule has 3 aliphatic rings. The van der Waals surface area contributed by atoms with Gasteiger partial charge in [-0.1, -0.05) is 24.3 Å². The molecule has 5 nitrogen and oxygen atoms in total. The van der Waals surface area contributed by atoms with E-state index in [1.54, 1.807) is 12.3 Å². The smallest absolute Gasteiger partial charge is 0.257 e. The second kappa shape index (κ2) is 6.80. The van der Waals surface area contributed by atoms with Crippen LogP contribution in [0.3, 0.4) is 0 Å². The van der Waals surface area contributed by atoms with Gasteiger partial charge in [0, 0.05) is 25.6 Å². The molecular formula is C23H26N2O3. The number of fused-ring (bicyclic) bond motifs is 2. The molecule has 1 aliphatic heterocycles. The third-order valence-electron chi connectivity index (χ3n) is 6.76. The summed E-state index contributed by atoms with van der Waals surface area (Å²) in [6.45, 7) is 1.50. The first-order valence-electron chi connectivity index (χ1n) is 10.3. The van der Waals surface area contributed by atoms with Gasteiger partial charge in [-0.15, -0.1) is 0 Å². The minimum absolute atomic E-state index is 0.0512. The maximum absolute atomic E-state index is 12.6. The molecule has 2 amide bonds. The molecule has 2 fully saturated rings. The third-order valence-corrected chi connectivity index (χ3v) is 6.76. The summed E-state index contributed by atoms with van der Waals surface area (Å²) >= 11 is 0. The minimum Gasteiger partial charge on any atom is -0.472 e. The van der Waals surface area contributed by atoms with E-state index in [9.17, 15) is 9.59 Å². The van der Waals surface area contributed by atoms with Gasteiger partial charge < -0.3 is 14.6 Å². The predicted molar refractivity (Wildman–Crippen MR) is 105 cm³/mol. The lowest BCUT2D eigenvalue weighted by atomic mass is 9.73. The maximum atomic E-state index is 12.6. The van der Waals surface area contributed by atoms with Gasteiger partial charge in [0.15, 0.2) is 0 Å². The fraction of sp³-hybridized carbons (Fsp3) is 0.478. The lowest BCUT2D eigenvalue weighted by molar-refractivity contribution is -0.121. The SMILES string of the molecule is O=C(C[C@@H]1CC2(CCN(C(=O)c3ccoc3)CC2)c2ccccc21)NC1CC1. The maximum Gasteiger partial charge on any atom is 0.257 e. The molecule has 0 bridgehead atoms. The zero-order valence-corrected chi connectivity index (χ0v) is 16.0. The van der Waals surface area contributed by atoms with Gasteiger partial charge >= 0.3 is 0 Å². The molecule has 1 spiro atoms. The molecule has 5 rings (SSSR count). The average Bonchev–Trinajstić information content (AvgIpc) is 3.25.